The van der Waals surface area contributed by atoms with Crippen LogP contribution in [0.1, 0.15) is 13.3 Å². The summed E-state index contributed by atoms with van der Waals surface area (Å²) >= 11 is 4.19. The van der Waals surface area contributed by atoms with Crippen LogP contribution in [0.2, 0.25) is 0 Å². The molecule has 0 fully saturated rings. The summed E-state index contributed by atoms with van der Waals surface area (Å²) in [6.45, 7) is 5.54. The van der Waals surface area contributed by atoms with Crippen molar-refractivity contribution in [2.45, 2.75) is 13.3 Å². The van der Waals surface area contributed by atoms with Gasteiger partial charge in [0.25, 0.3) is 0 Å². The third-order valence-electron chi connectivity index (χ3n) is 0.289. The van der Waals surface area contributed by atoms with Crippen LogP contribution in [0.4, 0.5) is 4.79 Å². The molecule has 3 heteroatoms. The summed E-state index contributed by atoms with van der Waals surface area (Å²) in [5, 5.41) is 7.18. The molecule has 0 saturated heterocycles. The minimum Gasteiger partial charge on any atom is -0.469 e. The average Bonchev–Trinajstić information content (AvgIpc) is 1.65. The zero-order valence-corrected chi connectivity index (χ0v) is 5.48. The molecule has 8 heavy (non-hydrogen) atoms. The Morgan fingerprint density at radius 1 is 2.00 bits per heavy atom. The molecular formula is C5H9ClO2. The van der Waals surface area contributed by atoms with Crippen LogP contribution in [0.15, 0.2) is 12.7 Å². The molecule has 0 bridgehead atoms. The second-order valence-corrected chi connectivity index (χ2v) is 1.27. The quantitative estimate of drug-likeness (QED) is 0.444. The predicted octanol–water partition coefficient (Wildman–Crippen LogP) is 2.49. The summed E-state index contributed by atoms with van der Waals surface area (Å²) in [7, 11) is 0. The lowest BCUT2D eigenvalue weighted by Crippen LogP contribution is -1.66. The maximum absolute atomic E-state index is 8.77. The molecule has 0 aromatic heterocycles. The van der Waals surface area contributed by atoms with Gasteiger partial charge in [-0.3, -0.25) is 0 Å². The van der Waals surface area contributed by atoms with Crippen LogP contribution in [0.5, 0.6) is 0 Å². The van der Waals surface area contributed by atoms with Gasteiger partial charge in [0.15, 0.2) is 0 Å². The third-order valence-corrected chi connectivity index (χ3v) is 0.289. The second-order valence-electron chi connectivity index (χ2n) is 0.950. The van der Waals surface area contributed by atoms with Crippen molar-refractivity contribution in [3.8, 4) is 0 Å². The maximum Gasteiger partial charge on any atom is 0.401 e. The van der Waals surface area contributed by atoms with E-state index in [0.717, 1.165) is 6.42 Å². The first-order valence-electron chi connectivity index (χ1n) is 2.14. The highest BCUT2D eigenvalue weighted by atomic mass is 35.5. The number of hydrogen-bond acceptors (Lipinski definition) is 1. The lowest BCUT2D eigenvalue weighted by molar-refractivity contribution is 0.220. The summed E-state index contributed by atoms with van der Waals surface area (Å²) in [6, 6.07) is 0. The number of halogens is 1. The summed E-state index contributed by atoms with van der Waals surface area (Å²) in [5.74, 6) is 0. The van der Waals surface area contributed by atoms with Crippen LogP contribution in [-0.4, -0.2) is 10.5 Å². The number of allylic oxidation sites excluding steroid dienone is 1. The predicted molar refractivity (Wildman–Crippen MR) is 34.4 cm³/mol. The summed E-state index contributed by atoms with van der Waals surface area (Å²) in [5.41, 5.74) is -1.36. The molecule has 0 rings (SSSR count). The fourth-order valence-electron chi connectivity index (χ4n) is 0. The van der Waals surface area contributed by atoms with Crippen molar-refractivity contribution in [3.05, 3.63) is 12.7 Å². The van der Waals surface area contributed by atoms with Gasteiger partial charge in [0.2, 0.25) is 0 Å². The number of carboxylic acid groups (broad SMARTS) is 1. The first kappa shape index (κ1) is 10.5. The standard InChI is InChI=1S/C4H8.CHClO2/c1-3-4-2;2-1(3)4/h3H,1,4H2,2H3;(H,3,4). The lowest BCUT2D eigenvalue weighted by Gasteiger charge is -1.57. The van der Waals surface area contributed by atoms with Crippen LogP contribution in [-0.2, 0) is 0 Å². The Morgan fingerprint density at radius 3 is 2.12 bits per heavy atom. The Balaban J connectivity index is 0. The van der Waals surface area contributed by atoms with Crippen molar-refractivity contribution in [2.24, 2.45) is 0 Å². The van der Waals surface area contributed by atoms with Gasteiger partial charge in [-0.1, -0.05) is 13.0 Å². The molecule has 2 nitrogen and oxygen atoms in total. The Morgan fingerprint density at radius 2 is 2.12 bits per heavy atom. The highest BCUT2D eigenvalue weighted by molar-refractivity contribution is 6.60. The second kappa shape index (κ2) is 9.71. The van der Waals surface area contributed by atoms with E-state index >= 15 is 0 Å². The topological polar surface area (TPSA) is 37.3 Å². The molecule has 48 valence electrons. The minimum atomic E-state index is -1.36. The highest BCUT2D eigenvalue weighted by Gasteiger charge is 1.71. The Hall–Kier alpha value is -0.500. The van der Waals surface area contributed by atoms with Crippen molar-refractivity contribution < 1.29 is 9.90 Å². The van der Waals surface area contributed by atoms with Gasteiger partial charge in [0.1, 0.15) is 0 Å². The van der Waals surface area contributed by atoms with E-state index in [1.54, 1.807) is 0 Å². The van der Waals surface area contributed by atoms with Crippen LogP contribution in [0.25, 0.3) is 0 Å². The molecule has 0 amide bonds. The molecule has 0 heterocycles. The van der Waals surface area contributed by atoms with Crippen molar-refractivity contribution in [1.29, 1.82) is 0 Å². The normalized spacial score (nSPS) is 6.25. The fraction of sp³-hybridized carbons (Fsp3) is 0.400. The monoisotopic (exact) mass is 136 g/mol. The van der Waals surface area contributed by atoms with Gasteiger partial charge in [-0.25, -0.2) is 4.79 Å². The first-order chi connectivity index (χ1) is 3.65. The molecule has 0 aliphatic rings. The average molecular weight is 137 g/mol. The zero-order valence-electron chi connectivity index (χ0n) is 4.72. The van der Waals surface area contributed by atoms with Crippen LogP contribution < -0.4 is 0 Å². The molecule has 0 aliphatic carbocycles. The number of carbonyl (C=O) groups is 1. The molecular weight excluding hydrogens is 128 g/mol. The van der Waals surface area contributed by atoms with Gasteiger partial charge in [-0.15, -0.1) is 6.58 Å². The van der Waals surface area contributed by atoms with Crippen LogP contribution >= 0.6 is 11.6 Å². The molecule has 0 aromatic rings. The Kier molecular flexibility index (Phi) is 12.7. The smallest absolute Gasteiger partial charge is 0.401 e. The van der Waals surface area contributed by atoms with E-state index in [1.807, 2.05) is 6.08 Å². The van der Waals surface area contributed by atoms with Gasteiger partial charge in [0, 0.05) is 11.6 Å². The van der Waals surface area contributed by atoms with Crippen molar-refractivity contribution in [3.63, 3.8) is 0 Å². The Labute approximate surface area is 53.8 Å². The molecule has 0 saturated carbocycles. The fourth-order valence-corrected chi connectivity index (χ4v) is 0. The minimum absolute atomic E-state index is 1.08. The van der Waals surface area contributed by atoms with E-state index in [1.165, 1.54) is 0 Å². The number of rotatable bonds is 1. The zero-order chi connectivity index (χ0) is 6.99. The summed E-state index contributed by atoms with van der Waals surface area (Å²) in [4.78, 5) is 8.77. The number of hydrogen-bond donors (Lipinski definition) is 1. The van der Waals surface area contributed by atoms with Crippen molar-refractivity contribution in [2.75, 3.05) is 0 Å². The van der Waals surface area contributed by atoms with Gasteiger partial charge < -0.3 is 5.11 Å². The molecule has 0 unspecified atom stereocenters. The third kappa shape index (κ3) is 446. The van der Waals surface area contributed by atoms with Gasteiger partial charge >= 0.3 is 5.43 Å². The Bertz CT molecular complexity index is 66.8. The van der Waals surface area contributed by atoms with Crippen LogP contribution in [0.3, 0.4) is 0 Å². The van der Waals surface area contributed by atoms with Gasteiger partial charge in [-0.2, -0.15) is 0 Å². The van der Waals surface area contributed by atoms with Gasteiger partial charge in [-0.05, 0) is 6.42 Å². The van der Waals surface area contributed by atoms with E-state index in [-0.39, 0.29) is 0 Å². The lowest BCUT2D eigenvalue weighted by atomic mass is 10.5. The largest absolute Gasteiger partial charge is 0.469 e. The summed E-state index contributed by atoms with van der Waals surface area (Å²) in [6.07, 6.45) is 2.96. The molecule has 0 spiro atoms. The maximum atomic E-state index is 8.77. The summed E-state index contributed by atoms with van der Waals surface area (Å²) < 4.78 is 0. The molecule has 0 atom stereocenters. The molecule has 0 radical (unpaired) electrons. The van der Waals surface area contributed by atoms with E-state index in [2.05, 4.69) is 25.1 Å². The SMILES string of the molecule is C=CCC.O=C(O)Cl. The molecule has 1 N–H and O–H groups in total. The molecule has 0 aromatic carbocycles. The van der Waals surface area contributed by atoms with E-state index in [0.29, 0.717) is 0 Å². The van der Waals surface area contributed by atoms with E-state index < -0.39 is 5.43 Å². The van der Waals surface area contributed by atoms with Crippen molar-refractivity contribution >= 4 is 17.0 Å². The van der Waals surface area contributed by atoms with Gasteiger partial charge in [0.05, 0.1) is 0 Å². The molecule has 0 aliphatic heterocycles. The van der Waals surface area contributed by atoms with E-state index in [9.17, 15) is 0 Å². The van der Waals surface area contributed by atoms with Crippen molar-refractivity contribution in [1.82, 2.24) is 0 Å². The highest BCUT2D eigenvalue weighted by Crippen LogP contribution is 1.67. The first-order valence-corrected chi connectivity index (χ1v) is 2.52. The van der Waals surface area contributed by atoms with E-state index in [4.69, 9.17) is 9.90 Å². The van der Waals surface area contributed by atoms with Crippen LogP contribution in [0, 0.1) is 0 Å².